The van der Waals surface area contributed by atoms with Crippen LogP contribution in [0.2, 0.25) is 0 Å². The molecule has 2 N–H and O–H groups in total. The van der Waals surface area contributed by atoms with Gasteiger partial charge in [-0.25, -0.2) is 4.98 Å². The number of nitrogens with one attached hydrogen (secondary N) is 2. The lowest BCUT2D eigenvalue weighted by Crippen LogP contribution is -2.10. The molecule has 5 nitrogen and oxygen atoms in total. The second-order valence-electron chi connectivity index (χ2n) is 4.99. The quantitative estimate of drug-likeness (QED) is 0.600. The zero-order valence-electron chi connectivity index (χ0n) is 12.0. The number of hydrogen-bond donors (Lipinski definition) is 2. The number of para-hydroxylation sites is 1. The Hall–Kier alpha value is -2.99. The van der Waals surface area contributed by atoms with E-state index in [-0.39, 0.29) is 5.91 Å². The van der Waals surface area contributed by atoms with Crippen molar-refractivity contribution in [1.82, 2.24) is 15.2 Å². The molecule has 0 aliphatic carbocycles. The van der Waals surface area contributed by atoms with Gasteiger partial charge in [-0.1, -0.05) is 18.2 Å². The van der Waals surface area contributed by atoms with Gasteiger partial charge in [-0.2, -0.15) is 5.10 Å². The number of H-pyrrole nitrogens is 1. The highest BCUT2D eigenvalue weighted by molar-refractivity contribution is 7.14. The van der Waals surface area contributed by atoms with Gasteiger partial charge < -0.3 is 5.32 Å². The van der Waals surface area contributed by atoms with Crippen molar-refractivity contribution >= 4 is 34.0 Å². The Morgan fingerprint density at radius 1 is 1.13 bits per heavy atom. The molecule has 0 fully saturated rings. The predicted molar refractivity (Wildman–Crippen MR) is 91.6 cm³/mol. The van der Waals surface area contributed by atoms with E-state index in [0.29, 0.717) is 11.2 Å². The highest BCUT2D eigenvalue weighted by Crippen LogP contribution is 2.30. The highest BCUT2D eigenvalue weighted by atomic mass is 32.1. The number of aromatic nitrogens is 3. The number of benzene rings is 1. The summed E-state index contributed by atoms with van der Waals surface area (Å²) in [6.45, 7) is 0. The number of thiophene rings is 1. The first-order chi connectivity index (χ1) is 11.3. The number of amides is 1. The van der Waals surface area contributed by atoms with Crippen LogP contribution in [0.4, 0.5) is 5.69 Å². The third-order valence-corrected chi connectivity index (χ3v) is 4.42. The molecule has 0 unspecified atom stereocenters. The Balaban J connectivity index is 1.63. The fourth-order valence-electron chi connectivity index (χ4n) is 2.35. The van der Waals surface area contributed by atoms with Gasteiger partial charge in [0.05, 0.1) is 16.1 Å². The van der Waals surface area contributed by atoms with Crippen LogP contribution in [0.3, 0.4) is 0 Å². The molecule has 3 heterocycles. The van der Waals surface area contributed by atoms with Gasteiger partial charge in [0.25, 0.3) is 5.91 Å². The Morgan fingerprint density at radius 2 is 2.00 bits per heavy atom. The lowest BCUT2D eigenvalue weighted by atomic mass is 10.2. The maximum absolute atomic E-state index is 12.3. The van der Waals surface area contributed by atoms with Gasteiger partial charge in [0, 0.05) is 22.7 Å². The molecule has 0 saturated carbocycles. The molecule has 112 valence electrons. The average molecular weight is 320 g/mol. The van der Waals surface area contributed by atoms with E-state index in [0.717, 1.165) is 21.6 Å². The van der Waals surface area contributed by atoms with Crippen LogP contribution in [0.25, 0.3) is 21.6 Å². The third kappa shape index (κ3) is 2.60. The fourth-order valence-corrected chi connectivity index (χ4v) is 3.25. The molecule has 0 saturated heterocycles. The van der Waals surface area contributed by atoms with E-state index in [1.165, 1.54) is 11.3 Å². The SMILES string of the molecule is O=C(Nc1ccccc1)c1csc(-c2[nH]nc3ncccc23)c1. The Kier molecular flexibility index (Phi) is 3.36. The van der Waals surface area contributed by atoms with Crippen molar-refractivity contribution in [2.24, 2.45) is 0 Å². The molecule has 0 atom stereocenters. The van der Waals surface area contributed by atoms with Crippen LogP contribution in [0, 0.1) is 0 Å². The van der Waals surface area contributed by atoms with E-state index in [2.05, 4.69) is 20.5 Å². The normalized spacial score (nSPS) is 10.8. The van der Waals surface area contributed by atoms with Crippen LogP contribution in [0.5, 0.6) is 0 Å². The second kappa shape index (κ2) is 5.66. The van der Waals surface area contributed by atoms with E-state index in [1.807, 2.05) is 53.9 Å². The minimum Gasteiger partial charge on any atom is -0.322 e. The summed E-state index contributed by atoms with van der Waals surface area (Å²) in [7, 11) is 0. The molecule has 6 heteroatoms. The van der Waals surface area contributed by atoms with Gasteiger partial charge in [0.15, 0.2) is 5.65 Å². The van der Waals surface area contributed by atoms with Crippen molar-refractivity contribution < 1.29 is 4.79 Å². The number of aromatic amines is 1. The monoisotopic (exact) mass is 320 g/mol. The van der Waals surface area contributed by atoms with Gasteiger partial charge >= 0.3 is 0 Å². The van der Waals surface area contributed by atoms with Crippen molar-refractivity contribution in [3.8, 4) is 10.6 Å². The molecule has 4 aromatic rings. The summed E-state index contributed by atoms with van der Waals surface area (Å²) < 4.78 is 0. The fraction of sp³-hybridized carbons (Fsp3) is 0. The molecule has 0 aliphatic rings. The van der Waals surface area contributed by atoms with E-state index in [9.17, 15) is 4.79 Å². The van der Waals surface area contributed by atoms with Gasteiger partial charge in [0.1, 0.15) is 0 Å². The maximum atomic E-state index is 12.3. The number of fused-ring (bicyclic) bond motifs is 1. The van der Waals surface area contributed by atoms with Crippen molar-refractivity contribution in [2.45, 2.75) is 0 Å². The number of hydrogen-bond acceptors (Lipinski definition) is 4. The van der Waals surface area contributed by atoms with Gasteiger partial charge in [0.2, 0.25) is 0 Å². The molecular formula is C17H12N4OS. The van der Waals surface area contributed by atoms with Gasteiger partial charge in [-0.15, -0.1) is 11.3 Å². The van der Waals surface area contributed by atoms with E-state index in [4.69, 9.17) is 0 Å². The molecule has 0 radical (unpaired) electrons. The smallest absolute Gasteiger partial charge is 0.256 e. The Bertz CT molecular complexity index is 974. The zero-order valence-corrected chi connectivity index (χ0v) is 12.8. The van der Waals surface area contributed by atoms with E-state index < -0.39 is 0 Å². The number of nitrogens with zero attached hydrogens (tertiary/aromatic N) is 2. The Labute approximate surface area is 136 Å². The molecule has 23 heavy (non-hydrogen) atoms. The lowest BCUT2D eigenvalue weighted by Gasteiger charge is -2.02. The average Bonchev–Trinajstić information content (AvgIpc) is 3.22. The zero-order chi connectivity index (χ0) is 15.6. The van der Waals surface area contributed by atoms with Crippen molar-refractivity contribution in [1.29, 1.82) is 0 Å². The summed E-state index contributed by atoms with van der Waals surface area (Å²) in [5.74, 6) is -0.124. The number of pyridine rings is 1. The summed E-state index contributed by atoms with van der Waals surface area (Å²) in [6, 6.07) is 15.1. The van der Waals surface area contributed by atoms with E-state index >= 15 is 0 Å². The maximum Gasteiger partial charge on any atom is 0.256 e. The second-order valence-corrected chi connectivity index (χ2v) is 5.90. The molecule has 0 aliphatic heterocycles. The standard InChI is InChI=1S/C17H12N4OS/c22-17(19-12-5-2-1-3-6-12)11-9-14(23-10-11)15-13-7-4-8-18-16(13)21-20-15/h1-10H,(H,19,22)(H,18,20,21). The Morgan fingerprint density at radius 3 is 2.87 bits per heavy atom. The third-order valence-electron chi connectivity index (χ3n) is 3.47. The van der Waals surface area contributed by atoms with Crippen LogP contribution in [-0.4, -0.2) is 21.1 Å². The summed E-state index contributed by atoms with van der Waals surface area (Å²) in [6.07, 6.45) is 1.71. The van der Waals surface area contributed by atoms with Crippen LogP contribution in [0.1, 0.15) is 10.4 Å². The van der Waals surface area contributed by atoms with Gasteiger partial charge in [-0.05, 0) is 30.3 Å². The minimum atomic E-state index is -0.124. The predicted octanol–water partition coefficient (Wildman–Crippen LogP) is 3.94. The summed E-state index contributed by atoms with van der Waals surface area (Å²) in [5.41, 5.74) is 2.96. The van der Waals surface area contributed by atoms with Gasteiger partial charge in [-0.3, -0.25) is 9.89 Å². The molecule has 0 spiro atoms. The summed E-state index contributed by atoms with van der Waals surface area (Å²) >= 11 is 1.50. The van der Waals surface area contributed by atoms with E-state index in [1.54, 1.807) is 6.20 Å². The van der Waals surface area contributed by atoms with Crippen LogP contribution in [-0.2, 0) is 0 Å². The number of carbonyl (C=O) groups is 1. The van der Waals surface area contributed by atoms with Crippen LogP contribution >= 0.6 is 11.3 Å². The lowest BCUT2D eigenvalue weighted by molar-refractivity contribution is 0.102. The van der Waals surface area contributed by atoms with Crippen molar-refractivity contribution in [3.05, 3.63) is 65.7 Å². The largest absolute Gasteiger partial charge is 0.322 e. The molecule has 1 aromatic carbocycles. The first kappa shape index (κ1) is 13.7. The highest BCUT2D eigenvalue weighted by Gasteiger charge is 2.14. The summed E-state index contributed by atoms with van der Waals surface area (Å²) in [5, 5.41) is 12.9. The first-order valence-corrected chi connectivity index (χ1v) is 7.93. The summed E-state index contributed by atoms with van der Waals surface area (Å²) in [4.78, 5) is 17.5. The number of rotatable bonds is 3. The van der Waals surface area contributed by atoms with Crippen molar-refractivity contribution in [3.63, 3.8) is 0 Å². The molecule has 0 bridgehead atoms. The van der Waals surface area contributed by atoms with Crippen LogP contribution in [0.15, 0.2) is 60.1 Å². The molecular weight excluding hydrogens is 308 g/mol. The van der Waals surface area contributed by atoms with Crippen LogP contribution < -0.4 is 5.32 Å². The number of carbonyl (C=O) groups excluding carboxylic acids is 1. The first-order valence-electron chi connectivity index (χ1n) is 7.06. The molecule has 1 amide bonds. The molecule has 3 aromatic heterocycles. The topological polar surface area (TPSA) is 70.7 Å². The molecule has 4 rings (SSSR count). The number of anilines is 1. The minimum absolute atomic E-state index is 0.124. The van der Waals surface area contributed by atoms with Crippen molar-refractivity contribution in [2.75, 3.05) is 5.32 Å².